The minimum absolute atomic E-state index is 0.330. The first-order valence-electron chi connectivity index (χ1n) is 8.22. The second-order valence-electron chi connectivity index (χ2n) is 6.78. The van der Waals surface area contributed by atoms with E-state index >= 15 is 0 Å². The molecular formula is C17H14F6N4O2S. The number of guanidine groups is 1. The van der Waals surface area contributed by atoms with E-state index in [-0.39, 0.29) is 0 Å². The molecule has 2 atom stereocenters. The van der Waals surface area contributed by atoms with E-state index in [1.54, 1.807) is 0 Å². The van der Waals surface area contributed by atoms with Crippen LogP contribution in [0.4, 0.5) is 26.3 Å². The number of pyridine rings is 1. The predicted molar refractivity (Wildman–Crippen MR) is 93.2 cm³/mol. The minimum atomic E-state index is -4.74. The SMILES string of the molecule is CN1C(=N)N[C@](C)(c2c(F)cc(F)cc2F)[C@@H](c2ccc(C(F)(F)F)cn2)S1(=O)=O. The standard InChI is InChI=1S/C17H14F6N4O2S/c1-16(13-10(19)5-9(18)6-11(13)20)14(30(28,29)27(2)15(24)26-16)12-4-3-8(7-25-12)17(21,22)23/h3-7,14H,1-2H3,(H2,24,26)/t14-,16-/m1/s1. The van der Waals surface area contributed by atoms with Crippen LogP contribution < -0.4 is 5.32 Å². The molecule has 1 aromatic heterocycles. The van der Waals surface area contributed by atoms with Crippen LogP contribution in [0.25, 0.3) is 0 Å². The fourth-order valence-corrected chi connectivity index (χ4v) is 5.22. The number of nitrogens with one attached hydrogen (secondary N) is 2. The summed E-state index contributed by atoms with van der Waals surface area (Å²) in [7, 11) is -3.59. The number of aromatic nitrogens is 1. The summed E-state index contributed by atoms with van der Waals surface area (Å²) in [5, 5.41) is 8.29. The van der Waals surface area contributed by atoms with Crippen LogP contribution in [0.5, 0.6) is 0 Å². The molecule has 2 N–H and O–H groups in total. The smallest absolute Gasteiger partial charge is 0.344 e. The molecule has 0 radical (unpaired) electrons. The van der Waals surface area contributed by atoms with Crippen molar-refractivity contribution in [3.05, 3.63) is 64.7 Å². The van der Waals surface area contributed by atoms with Crippen molar-refractivity contribution in [2.75, 3.05) is 7.05 Å². The molecule has 13 heteroatoms. The maximum Gasteiger partial charge on any atom is 0.417 e. The van der Waals surface area contributed by atoms with Gasteiger partial charge in [0, 0.05) is 25.4 Å². The lowest BCUT2D eigenvalue weighted by Crippen LogP contribution is -2.62. The third-order valence-corrected chi connectivity index (χ3v) is 7.06. The summed E-state index contributed by atoms with van der Waals surface area (Å²) in [5.41, 5.74) is -4.76. The molecule has 2 heterocycles. The van der Waals surface area contributed by atoms with Crippen molar-refractivity contribution in [1.82, 2.24) is 14.6 Å². The molecule has 0 aliphatic carbocycles. The molecule has 30 heavy (non-hydrogen) atoms. The zero-order valence-corrected chi connectivity index (χ0v) is 16.2. The first kappa shape index (κ1) is 21.9. The Hall–Kier alpha value is -2.83. The van der Waals surface area contributed by atoms with Crippen molar-refractivity contribution in [1.29, 1.82) is 5.41 Å². The average molecular weight is 452 g/mol. The summed E-state index contributed by atoms with van der Waals surface area (Å²) >= 11 is 0. The molecule has 0 spiro atoms. The molecule has 1 aromatic carbocycles. The monoisotopic (exact) mass is 452 g/mol. The molecule has 6 nitrogen and oxygen atoms in total. The van der Waals surface area contributed by atoms with E-state index in [1.165, 1.54) is 0 Å². The van der Waals surface area contributed by atoms with Crippen molar-refractivity contribution in [3.8, 4) is 0 Å². The number of benzene rings is 1. The van der Waals surface area contributed by atoms with E-state index in [2.05, 4.69) is 10.3 Å². The zero-order valence-electron chi connectivity index (χ0n) is 15.4. The van der Waals surface area contributed by atoms with Crippen LogP contribution >= 0.6 is 0 Å². The zero-order chi connectivity index (χ0) is 22.6. The van der Waals surface area contributed by atoms with E-state index < -0.39 is 67.2 Å². The van der Waals surface area contributed by atoms with Gasteiger partial charge >= 0.3 is 6.18 Å². The number of rotatable bonds is 2. The molecule has 0 saturated carbocycles. The number of sulfonamides is 1. The first-order valence-corrected chi connectivity index (χ1v) is 9.72. The molecule has 0 bridgehead atoms. The van der Waals surface area contributed by atoms with Gasteiger partial charge in [-0.15, -0.1) is 0 Å². The highest BCUT2D eigenvalue weighted by Gasteiger charge is 2.55. The highest BCUT2D eigenvalue weighted by atomic mass is 32.2. The summed E-state index contributed by atoms with van der Waals surface area (Å²) < 4.78 is 108. The number of hydrogen-bond acceptors (Lipinski definition) is 4. The van der Waals surface area contributed by atoms with Crippen LogP contribution in [0.3, 0.4) is 0 Å². The van der Waals surface area contributed by atoms with Crippen LogP contribution in [-0.2, 0) is 21.7 Å². The number of hydrogen-bond donors (Lipinski definition) is 2. The van der Waals surface area contributed by atoms with Gasteiger partial charge in [0.05, 0.1) is 22.4 Å². The maximum absolute atomic E-state index is 14.6. The normalized spacial score (nSPS) is 23.9. The Kier molecular flexibility index (Phi) is 5.00. The lowest BCUT2D eigenvalue weighted by molar-refractivity contribution is -0.137. The van der Waals surface area contributed by atoms with Crippen molar-refractivity contribution in [2.24, 2.45) is 0 Å². The fourth-order valence-electron chi connectivity index (χ4n) is 3.38. The van der Waals surface area contributed by atoms with Gasteiger partial charge in [-0.25, -0.2) is 25.9 Å². The van der Waals surface area contributed by atoms with Gasteiger partial charge in [0.2, 0.25) is 16.0 Å². The molecule has 1 fully saturated rings. The van der Waals surface area contributed by atoms with Crippen LogP contribution in [0.2, 0.25) is 0 Å². The topological polar surface area (TPSA) is 86.2 Å². The predicted octanol–water partition coefficient (Wildman–Crippen LogP) is 3.27. The number of alkyl halides is 3. The van der Waals surface area contributed by atoms with Crippen molar-refractivity contribution in [3.63, 3.8) is 0 Å². The molecule has 1 aliphatic heterocycles. The van der Waals surface area contributed by atoms with Crippen LogP contribution in [0.1, 0.15) is 29.0 Å². The third kappa shape index (κ3) is 3.36. The molecule has 2 aromatic rings. The van der Waals surface area contributed by atoms with E-state index in [1.807, 2.05) is 0 Å². The minimum Gasteiger partial charge on any atom is -0.344 e. The Balaban J connectivity index is 2.29. The molecule has 162 valence electrons. The molecule has 3 rings (SSSR count). The van der Waals surface area contributed by atoms with Crippen molar-refractivity contribution >= 4 is 16.0 Å². The van der Waals surface area contributed by atoms with Crippen molar-refractivity contribution in [2.45, 2.75) is 23.9 Å². The number of halogens is 6. The summed E-state index contributed by atoms with van der Waals surface area (Å²) in [6, 6.07) is 2.01. The quantitative estimate of drug-likeness (QED) is 0.685. The van der Waals surface area contributed by atoms with Gasteiger partial charge in [0.1, 0.15) is 22.7 Å². The van der Waals surface area contributed by atoms with E-state index in [4.69, 9.17) is 5.41 Å². The Morgan fingerprint density at radius 1 is 1.17 bits per heavy atom. The molecular weight excluding hydrogens is 438 g/mol. The van der Waals surface area contributed by atoms with E-state index in [9.17, 15) is 34.8 Å². The molecule has 1 saturated heterocycles. The lowest BCUT2D eigenvalue weighted by Gasteiger charge is -2.45. The number of nitrogens with zero attached hydrogens (tertiary/aromatic N) is 2. The van der Waals surface area contributed by atoms with Crippen molar-refractivity contribution < 1.29 is 34.8 Å². The maximum atomic E-state index is 14.6. The van der Waals surface area contributed by atoms with Gasteiger partial charge in [-0.05, 0) is 19.1 Å². The van der Waals surface area contributed by atoms with Crippen LogP contribution in [0, 0.1) is 22.9 Å². The molecule has 0 unspecified atom stereocenters. The van der Waals surface area contributed by atoms with Crippen LogP contribution in [0.15, 0.2) is 30.5 Å². The summed E-state index contributed by atoms with van der Waals surface area (Å²) in [4.78, 5) is 3.57. The summed E-state index contributed by atoms with van der Waals surface area (Å²) in [6.07, 6.45) is -4.35. The Bertz CT molecular complexity index is 1100. The largest absolute Gasteiger partial charge is 0.417 e. The Morgan fingerprint density at radius 2 is 1.73 bits per heavy atom. The van der Waals surface area contributed by atoms with Gasteiger partial charge in [0.15, 0.2) is 0 Å². The van der Waals surface area contributed by atoms with Gasteiger partial charge in [-0.1, -0.05) is 0 Å². The Morgan fingerprint density at radius 3 is 2.20 bits per heavy atom. The van der Waals surface area contributed by atoms with Gasteiger partial charge in [0.25, 0.3) is 0 Å². The van der Waals surface area contributed by atoms with Gasteiger partial charge < -0.3 is 5.32 Å². The highest BCUT2D eigenvalue weighted by Crippen LogP contribution is 2.46. The molecule has 0 amide bonds. The summed E-state index contributed by atoms with van der Waals surface area (Å²) in [5.74, 6) is -4.88. The van der Waals surface area contributed by atoms with E-state index in [0.29, 0.717) is 28.7 Å². The Labute approximate surface area is 167 Å². The van der Waals surface area contributed by atoms with Gasteiger partial charge in [-0.2, -0.15) is 13.2 Å². The lowest BCUT2D eigenvalue weighted by atomic mass is 9.85. The third-order valence-electron chi connectivity index (χ3n) is 4.81. The fraction of sp³-hybridized carbons (Fsp3) is 0.294. The van der Waals surface area contributed by atoms with Crippen LogP contribution in [-0.4, -0.2) is 30.7 Å². The molecule has 1 aliphatic rings. The second kappa shape index (κ2) is 6.86. The first-order chi connectivity index (χ1) is 13.7. The second-order valence-corrected chi connectivity index (χ2v) is 8.83. The highest BCUT2D eigenvalue weighted by molar-refractivity contribution is 7.90. The summed E-state index contributed by atoms with van der Waals surface area (Å²) in [6.45, 7) is 1.04. The average Bonchev–Trinajstić information content (AvgIpc) is 2.58. The van der Waals surface area contributed by atoms with E-state index in [0.717, 1.165) is 20.0 Å². The van der Waals surface area contributed by atoms with Gasteiger partial charge in [-0.3, -0.25) is 10.4 Å².